The number of cyclic esters (lactones) is 1. The second-order valence-corrected chi connectivity index (χ2v) is 9.85. The Balaban J connectivity index is 1.17. The monoisotopic (exact) mass is 551 g/mol. The van der Waals surface area contributed by atoms with Crippen molar-refractivity contribution in [2.45, 2.75) is 51.5 Å². The summed E-state index contributed by atoms with van der Waals surface area (Å²) in [5, 5.41) is 11.7. The maximum atomic E-state index is 15.1. The van der Waals surface area contributed by atoms with E-state index < -0.39 is 36.1 Å². The molecule has 40 heavy (non-hydrogen) atoms. The highest BCUT2D eigenvalue weighted by atomic mass is 19.1. The number of pyridine rings is 1. The van der Waals surface area contributed by atoms with Crippen molar-refractivity contribution in [2.24, 2.45) is 16.8 Å². The number of esters is 1. The Morgan fingerprint density at radius 2 is 2.12 bits per heavy atom. The molecule has 4 atom stereocenters. The number of rotatable bonds is 10. The fraction of sp³-hybridized carbons (Fsp3) is 0.407. The van der Waals surface area contributed by atoms with E-state index in [1.807, 2.05) is 13.8 Å². The first kappa shape index (κ1) is 27.2. The van der Waals surface area contributed by atoms with Crippen LogP contribution in [0.2, 0.25) is 0 Å². The van der Waals surface area contributed by atoms with Crippen LogP contribution in [0.5, 0.6) is 0 Å². The van der Waals surface area contributed by atoms with Crippen LogP contribution in [0.1, 0.15) is 32.4 Å². The number of nitrogens with two attached hydrogens (primary N) is 1. The van der Waals surface area contributed by atoms with Gasteiger partial charge in [0.05, 0.1) is 30.7 Å². The summed E-state index contributed by atoms with van der Waals surface area (Å²) < 4.78 is 27.4. The second kappa shape index (κ2) is 11.8. The molecule has 1 saturated heterocycles. The van der Waals surface area contributed by atoms with Gasteiger partial charge < -0.3 is 20.0 Å². The summed E-state index contributed by atoms with van der Waals surface area (Å²) in [7, 11) is 0. The van der Waals surface area contributed by atoms with E-state index in [-0.39, 0.29) is 19.1 Å². The molecule has 0 spiro atoms. The number of halogens is 1. The molecule has 5 rings (SSSR count). The average molecular weight is 552 g/mol. The van der Waals surface area contributed by atoms with Crippen molar-refractivity contribution in [2.75, 3.05) is 18.1 Å². The lowest BCUT2D eigenvalue weighted by molar-refractivity contribution is -0.150. The van der Waals surface area contributed by atoms with E-state index in [4.69, 9.17) is 20.0 Å². The molecular formula is C27H30FN7O5. The van der Waals surface area contributed by atoms with Gasteiger partial charge in [-0.05, 0) is 30.2 Å². The summed E-state index contributed by atoms with van der Waals surface area (Å²) in [5.41, 5.74) is 8.38. The van der Waals surface area contributed by atoms with Gasteiger partial charge in [-0.3, -0.25) is 14.7 Å². The minimum atomic E-state index is -0.679. The zero-order valence-electron chi connectivity index (χ0n) is 22.1. The number of anilines is 1. The molecule has 2 aromatic heterocycles. The first-order chi connectivity index (χ1) is 19.3. The lowest BCUT2D eigenvalue weighted by atomic mass is 10.0. The zero-order chi connectivity index (χ0) is 28.2. The van der Waals surface area contributed by atoms with Crippen LogP contribution in [-0.4, -0.2) is 69.2 Å². The fourth-order valence-corrected chi connectivity index (χ4v) is 4.42. The Morgan fingerprint density at radius 1 is 1.27 bits per heavy atom. The van der Waals surface area contributed by atoms with E-state index in [1.165, 1.54) is 11.0 Å². The van der Waals surface area contributed by atoms with Crippen LogP contribution in [-0.2, 0) is 25.7 Å². The van der Waals surface area contributed by atoms with Crippen LogP contribution in [0.4, 0.5) is 14.9 Å². The summed E-state index contributed by atoms with van der Waals surface area (Å²) in [4.78, 5) is 35.7. The minimum absolute atomic E-state index is 0.0210. The van der Waals surface area contributed by atoms with Crippen molar-refractivity contribution < 1.29 is 28.3 Å². The number of ether oxygens (including phenoxy) is 2. The number of carbonyl (C=O) groups excluding carboxylic acids is 2. The number of aromatic nitrogens is 4. The second-order valence-electron chi connectivity index (χ2n) is 9.85. The van der Waals surface area contributed by atoms with E-state index in [0.717, 1.165) is 6.42 Å². The quantitative estimate of drug-likeness (QED) is 0.376. The molecule has 0 saturated carbocycles. The van der Waals surface area contributed by atoms with Crippen molar-refractivity contribution in [1.29, 1.82) is 0 Å². The normalized spacial score (nSPS) is 20.1. The molecule has 0 bridgehead atoms. The summed E-state index contributed by atoms with van der Waals surface area (Å²) in [6.07, 6.45) is 4.55. The van der Waals surface area contributed by atoms with E-state index in [9.17, 15) is 9.59 Å². The highest BCUT2D eigenvalue weighted by Crippen LogP contribution is 2.29. The lowest BCUT2D eigenvalue weighted by Crippen LogP contribution is -2.39. The van der Waals surface area contributed by atoms with Crippen LogP contribution in [0.25, 0.3) is 11.1 Å². The average Bonchev–Trinajstić information content (AvgIpc) is 3.73. The number of carbonyl (C=O) groups is 2. The van der Waals surface area contributed by atoms with Gasteiger partial charge in [-0.1, -0.05) is 36.7 Å². The maximum absolute atomic E-state index is 15.1. The first-order valence-corrected chi connectivity index (χ1v) is 13.1. The number of amides is 1. The summed E-state index contributed by atoms with van der Waals surface area (Å²) >= 11 is 0. The Labute approximate surface area is 229 Å². The predicted octanol–water partition coefficient (Wildman–Crippen LogP) is 2.91. The molecule has 2 N–H and O–H groups in total. The molecule has 3 aromatic rings. The molecule has 2 aliphatic heterocycles. The Morgan fingerprint density at radius 3 is 2.83 bits per heavy atom. The third-order valence-corrected chi connectivity index (χ3v) is 7.04. The van der Waals surface area contributed by atoms with Gasteiger partial charge in [-0.2, -0.15) is 0 Å². The van der Waals surface area contributed by atoms with Gasteiger partial charge in [0, 0.05) is 29.9 Å². The molecule has 1 amide bonds. The van der Waals surface area contributed by atoms with Gasteiger partial charge in [0.15, 0.2) is 6.10 Å². The minimum Gasteiger partial charge on any atom is -0.460 e. The van der Waals surface area contributed by atoms with Crippen molar-refractivity contribution in [3.8, 4) is 11.1 Å². The smallest absolute Gasteiger partial charge is 0.414 e. The van der Waals surface area contributed by atoms with Gasteiger partial charge in [-0.25, -0.2) is 13.9 Å². The van der Waals surface area contributed by atoms with Crippen molar-refractivity contribution >= 4 is 23.5 Å². The SMILES string of the molecule is CC[C@H](C)[C@H](N)C(=O)OCC1CC(c2ccc(-c3ccc(N4C[C@H](Cn5ccnn5)OC4=O)cc3F)cn2)=NO1. The number of hydrogen-bond donors (Lipinski definition) is 1. The van der Waals surface area contributed by atoms with Gasteiger partial charge in [0.2, 0.25) is 0 Å². The van der Waals surface area contributed by atoms with Gasteiger partial charge in [-0.15, -0.1) is 5.10 Å². The molecule has 1 aromatic carbocycles. The summed E-state index contributed by atoms with van der Waals surface area (Å²) in [5.74, 6) is -0.943. The van der Waals surface area contributed by atoms with Crippen LogP contribution < -0.4 is 10.6 Å². The highest BCUT2D eigenvalue weighted by Gasteiger charge is 2.33. The third kappa shape index (κ3) is 5.93. The molecule has 1 fully saturated rings. The largest absolute Gasteiger partial charge is 0.460 e. The Bertz CT molecular complexity index is 1380. The number of nitrogens with zero attached hydrogens (tertiary/aromatic N) is 6. The van der Waals surface area contributed by atoms with Crippen LogP contribution in [0.15, 0.2) is 54.1 Å². The Hall–Kier alpha value is -4.39. The molecule has 2 aliphatic rings. The van der Waals surface area contributed by atoms with Crippen LogP contribution in [0.3, 0.4) is 0 Å². The zero-order valence-corrected chi connectivity index (χ0v) is 22.1. The number of hydrogen-bond acceptors (Lipinski definition) is 10. The molecule has 4 heterocycles. The third-order valence-electron chi connectivity index (χ3n) is 7.04. The van der Waals surface area contributed by atoms with Crippen LogP contribution >= 0.6 is 0 Å². The van der Waals surface area contributed by atoms with Crippen molar-refractivity contribution in [3.05, 3.63) is 60.4 Å². The number of oxime groups is 1. The van der Waals surface area contributed by atoms with Gasteiger partial charge in [0.1, 0.15) is 30.3 Å². The standard InChI is InChI=1S/C27H30FN7O5/c1-3-16(2)25(29)26(36)38-15-19-11-24(32-40-19)23-7-4-17(12-30-23)21-6-5-18(10-22(21)28)35-14-20(39-27(35)37)13-34-9-8-31-33-34/h4-10,12,16,19-20,25H,3,11,13-15,29H2,1-2H3/t16-,19?,20-,25-/m0/s1. The molecule has 210 valence electrons. The van der Waals surface area contributed by atoms with E-state index in [1.54, 1.807) is 47.5 Å². The maximum Gasteiger partial charge on any atom is 0.414 e. The van der Waals surface area contributed by atoms with Gasteiger partial charge in [0.25, 0.3) is 0 Å². The van der Waals surface area contributed by atoms with Gasteiger partial charge >= 0.3 is 12.1 Å². The van der Waals surface area contributed by atoms with E-state index >= 15 is 4.39 Å². The predicted molar refractivity (Wildman–Crippen MR) is 142 cm³/mol. The molecule has 12 nitrogen and oxygen atoms in total. The molecule has 1 unspecified atom stereocenters. The number of benzene rings is 1. The van der Waals surface area contributed by atoms with E-state index in [2.05, 4.69) is 20.5 Å². The lowest BCUT2D eigenvalue weighted by Gasteiger charge is -2.17. The van der Waals surface area contributed by atoms with E-state index in [0.29, 0.717) is 41.2 Å². The summed E-state index contributed by atoms with van der Waals surface area (Å²) in [6, 6.07) is 7.35. The summed E-state index contributed by atoms with van der Waals surface area (Å²) in [6.45, 7) is 4.52. The molecule has 13 heteroatoms. The van der Waals surface area contributed by atoms with Crippen LogP contribution in [0, 0.1) is 11.7 Å². The highest BCUT2D eigenvalue weighted by molar-refractivity contribution is 5.99. The Kier molecular flexibility index (Phi) is 8.01. The topological polar surface area (TPSA) is 147 Å². The molecule has 0 radical (unpaired) electrons. The van der Waals surface area contributed by atoms with Crippen molar-refractivity contribution in [1.82, 2.24) is 20.0 Å². The fourth-order valence-electron chi connectivity index (χ4n) is 4.42. The molecule has 0 aliphatic carbocycles. The molecular weight excluding hydrogens is 521 g/mol. The van der Waals surface area contributed by atoms with Crippen molar-refractivity contribution in [3.63, 3.8) is 0 Å². The first-order valence-electron chi connectivity index (χ1n) is 13.1.